The summed E-state index contributed by atoms with van der Waals surface area (Å²) in [5.74, 6) is -1.45. The number of pyridine rings is 1. The summed E-state index contributed by atoms with van der Waals surface area (Å²) in [5, 5.41) is 8.83. The second-order valence-electron chi connectivity index (χ2n) is 4.44. The Morgan fingerprint density at radius 1 is 1.53 bits per heavy atom. The van der Waals surface area contributed by atoms with Crippen LogP contribution in [0.25, 0.3) is 0 Å². The van der Waals surface area contributed by atoms with E-state index in [2.05, 4.69) is 4.98 Å². The Kier molecular flexibility index (Phi) is 2.41. The number of aromatic nitrogens is 1. The first kappa shape index (κ1) is 11.9. The second-order valence-corrected chi connectivity index (χ2v) is 4.44. The number of carboxylic acids is 1. The molecule has 17 heavy (non-hydrogen) atoms. The van der Waals surface area contributed by atoms with Crippen molar-refractivity contribution in [2.45, 2.75) is 24.9 Å². The number of alkyl halides is 3. The molecule has 92 valence electrons. The van der Waals surface area contributed by atoms with Crippen molar-refractivity contribution in [2.24, 2.45) is 5.92 Å². The van der Waals surface area contributed by atoms with Crippen LogP contribution in [-0.2, 0) is 16.4 Å². The van der Waals surface area contributed by atoms with Gasteiger partial charge in [-0.05, 0) is 18.1 Å². The van der Waals surface area contributed by atoms with E-state index in [0.29, 0.717) is 12.0 Å². The van der Waals surface area contributed by atoms with Gasteiger partial charge in [0.15, 0.2) is 0 Å². The molecule has 0 amide bonds. The molecule has 1 fully saturated rings. The lowest BCUT2D eigenvalue weighted by Crippen LogP contribution is -2.13. The molecular formula is C11H10F3NO2. The van der Waals surface area contributed by atoms with E-state index in [0.717, 1.165) is 12.3 Å². The molecule has 0 aromatic carbocycles. The van der Waals surface area contributed by atoms with Crippen molar-refractivity contribution in [1.29, 1.82) is 0 Å². The zero-order valence-corrected chi connectivity index (χ0v) is 8.95. The third kappa shape index (κ3) is 1.99. The minimum absolute atomic E-state index is 0.440. The quantitative estimate of drug-likeness (QED) is 0.870. The van der Waals surface area contributed by atoms with Crippen molar-refractivity contribution in [1.82, 2.24) is 4.98 Å². The van der Waals surface area contributed by atoms with Crippen LogP contribution in [0.4, 0.5) is 13.2 Å². The maximum Gasteiger partial charge on any atom is 0.433 e. The molecule has 1 saturated carbocycles. The van der Waals surface area contributed by atoms with Crippen LogP contribution in [0.5, 0.6) is 0 Å². The van der Waals surface area contributed by atoms with Crippen LogP contribution in [0.1, 0.15) is 24.6 Å². The van der Waals surface area contributed by atoms with E-state index >= 15 is 0 Å². The van der Waals surface area contributed by atoms with Crippen molar-refractivity contribution in [3.8, 4) is 0 Å². The van der Waals surface area contributed by atoms with Gasteiger partial charge in [0.1, 0.15) is 5.69 Å². The first-order valence-electron chi connectivity index (χ1n) is 5.01. The Labute approximate surface area is 95.3 Å². The van der Waals surface area contributed by atoms with Gasteiger partial charge in [0, 0.05) is 11.6 Å². The van der Waals surface area contributed by atoms with Crippen molar-refractivity contribution >= 4 is 5.97 Å². The minimum atomic E-state index is -4.46. The highest BCUT2D eigenvalue weighted by Crippen LogP contribution is 2.53. The smallest absolute Gasteiger partial charge is 0.433 e. The molecule has 1 heterocycles. The molecule has 2 atom stereocenters. The molecule has 0 spiro atoms. The Bertz CT molecular complexity index is 455. The molecule has 0 bridgehead atoms. The average Bonchev–Trinajstić information content (AvgIpc) is 2.92. The van der Waals surface area contributed by atoms with E-state index in [4.69, 9.17) is 5.11 Å². The summed E-state index contributed by atoms with van der Waals surface area (Å²) in [6, 6.07) is 2.19. The van der Waals surface area contributed by atoms with Crippen molar-refractivity contribution in [2.75, 3.05) is 0 Å². The van der Waals surface area contributed by atoms with Crippen LogP contribution in [0.2, 0.25) is 0 Å². The molecular weight excluding hydrogens is 235 g/mol. The van der Waals surface area contributed by atoms with Gasteiger partial charge in [-0.1, -0.05) is 13.0 Å². The zero-order valence-electron chi connectivity index (χ0n) is 8.95. The molecule has 2 rings (SSSR count). The lowest BCUT2D eigenvalue weighted by Gasteiger charge is -2.11. The summed E-state index contributed by atoms with van der Waals surface area (Å²) in [6.07, 6.45) is -2.91. The normalized spacial score (nSPS) is 27.9. The first-order valence-corrected chi connectivity index (χ1v) is 5.01. The summed E-state index contributed by atoms with van der Waals surface area (Å²) >= 11 is 0. The number of nitrogens with zero attached hydrogens (tertiary/aromatic N) is 1. The number of hydrogen-bond acceptors (Lipinski definition) is 2. The highest BCUT2D eigenvalue weighted by molar-refractivity contribution is 5.76. The van der Waals surface area contributed by atoms with Gasteiger partial charge < -0.3 is 5.11 Å². The standard InChI is InChI=1S/C11H10F3NO2/c1-10(4-7(10)9(16)17)6-2-3-8(15-5-6)11(12,13)14/h2-3,5,7H,4H2,1H3,(H,16,17)/t7?,10-/m0/s1. The molecule has 3 nitrogen and oxygen atoms in total. The molecule has 1 aliphatic rings. The summed E-state index contributed by atoms with van der Waals surface area (Å²) in [6.45, 7) is 1.72. The van der Waals surface area contributed by atoms with E-state index in [-0.39, 0.29) is 0 Å². The molecule has 1 unspecified atom stereocenters. The number of aliphatic carboxylic acids is 1. The highest BCUT2D eigenvalue weighted by Gasteiger charge is 2.56. The molecule has 0 radical (unpaired) electrons. The predicted octanol–water partition coefficient (Wildman–Crippen LogP) is 2.46. The number of carboxylic acid groups (broad SMARTS) is 1. The molecule has 1 N–H and O–H groups in total. The average molecular weight is 245 g/mol. The van der Waals surface area contributed by atoms with Crippen molar-refractivity contribution in [3.63, 3.8) is 0 Å². The van der Waals surface area contributed by atoms with Gasteiger partial charge in [0.05, 0.1) is 5.92 Å². The molecule has 1 aromatic heterocycles. The van der Waals surface area contributed by atoms with Gasteiger partial charge in [0.25, 0.3) is 0 Å². The van der Waals surface area contributed by atoms with E-state index in [1.807, 2.05) is 0 Å². The van der Waals surface area contributed by atoms with Crippen LogP contribution in [0, 0.1) is 5.92 Å². The lowest BCUT2D eigenvalue weighted by molar-refractivity contribution is -0.141. The van der Waals surface area contributed by atoms with E-state index < -0.39 is 29.2 Å². The minimum Gasteiger partial charge on any atom is -0.481 e. The van der Waals surface area contributed by atoms with Crippen LogP contribution in [0.3, 0.4) is 0 Å². The number of hydrogen-bond donors (Lipinski definition) is 1. The fourth-order valence-corrected chi connectivity index (χ4v) is 1.94. The number of carbonyl (C=O) groups is 1. The monoisotopic (exact) mass is 245 g/mol. The summed E-state index contributed by atoms with van der Waals surface area (Å²) in [5.41, 5.74) is -1.00. The van der Waals surface area contributed by atoms with E-state index in [1.54, 1.807) is 6.92 Å². The molecule has 0 aliphatic heterocycles. The first-order chi connectivity index (χ1) is 7.75. The van der Waals surface area contributed by atoms with Gasteiger partial charge in [0.2, 0.25) is 0 Å². The van der Waals surface area contributed by atoms with Gasteiger partial charge >= 0.3 is 12.1 Å². The molecule has 1 aromatic rings. The Morgan fingerprint density at radius 2 is 2.18 bits per heavy atom. The maximum absolute atomic E-state index is 12.3. The SMILES string of the molecule is C[C@@]1(c2ccc(C(F)(F)F)nc2)CC1C(=O)O. The van der Waals surface area contributed by atoms with Gasteiger partial charge in [-0.25, -0.2) is 0 Å². The third-order valence-electron chi connectivity index (χ3n) is 3.25. The fourth-order valence-electron chi connectivity index (χ4n) is 1.94. The van der Waals surface area contributed by atoms with Crippen molar-refractivity contribution in [3.05, 3.63) is 29.6 Å². The van der Waals surface area contributed by atoms with E-state index in [1.165, 1.54) is 6.07 Å². The summed E-state index contributed by atoms with van der Waals surface area (Å²) in [7, 11) is 0. The lowest BCUT2D eigenvalue weighted by atomic mass is 9.97. The molecule has 1 aliphatic carbocycles. The second kappa shape index (κ2) is 3.45. The summed E-state index contributed by atoms with van der Waals surface area (Å²) in [4.78, 5) is 14.1. The van der Waals surface area contributed by atoms with Crippen LogP contribution in [0.15, 0.2) is 18.3 Å². The fraction of sp³-hybridized carbons (Fsp3) is 0.455. The van der Waals surface area contributed by atoms with E-state index in [9.17, 15) is 18.0 Å². The highest BCUT2D eigenvalue weighted by atomic mass is 19.4. The molecule has 6 heteroatoms. The maximum atomic E-state index is 12.3. The zero-order chi connectivity index (χ0) is 12.8. The summed E-state index contributed by atoms with van der Waals surface area (Å²) < 4.78 is 36.8. The van der Waals surface area contributed by atoms with Gasteiger partial charge in [-0.3, -0.25) is 9.78 Å². The largest absolute Gasteiger partial charge is 0.481 e. The third-order valence-corrected chi connectivity index (χ3v) is 3.25. The topological polar surface area (TPSA) is 50.2 Å². The number of halogens is 3. The van der Waals surface area contributed by atoms with Crippen LogP contribution < -0.4 is 0 Å². The Morgan fingerprint density at radius 3 is 2.53 bits per heavy atom. The number of rotatable bonds is 2. The van der Waals surface area contributed by atoms with Crippen LogP contribution in [-0.4, -0.2) is 16.1 Å². The predicted molar refractivity (Wildman–Crippen MR) is 52.3 cm³/mol. The van der Waals surface area contributed by atoms with Gasteiger partial charge in [-0.15, -0.1) is 0 Å². The molecule has 0 saturated heterocycles. The Hall–Kier alpha value is -1.59. The van der Waals surface area contributed by atoms with Crippen LogP contribution >= 0.6 is 0 Å². The Balaban J connectivity index is 2.23. The van der Waals surface area contributed by atoms with Crippen molar-refractivity contribution < 1.29 is 23.1 Å². The van der Waals surface area contributed by atoms with Gasteiger partial charge in [-0.2, -0.15) is 13.2 Å².